The summed E-state index contributed by atoms with van der Waals surface area (Å²) in [7, 11) is 0. The van der Waals surface area contributed by atoms with Crippen LogP contribution in [-0.2, 0) is 0 Å². The highest BCUT2D eigenvalue weighted by Gasteiger charge is 1.81. The van der Waals surface area contributed by atoms with E-state index in [0.29, 0.717) is 13.1 Å². The quantitative estimate of drug-likeness (QED) is 0.391. The first-order chi connectivity index (χ1) is 4.91. The predicted octanol–water partition coefficient (Wildman–Crippen LogP) is -0.568. The Labute approximate surface area is 62.4 Å². The molecular formula is C8H12N2. The first-order valence-electron chi connectivity index (χ1n) is 3.20. The summed E-state index contributed by atoms with van der Waals surface area (Å²) in [5.74, 6) is 4.96. The summed E-state index contributed by atoms with van der Waals surface area (Å²) < 4.78 is 0. The zero-order valence-corrected chi connectivity index (χ0v) is 5.98. The normalized spacial score (nSPS) is 8.20. The highest BCUT2D eigenvalue weighted by molar-refractivity contribution is 4.87. The van der Waals surface area contributed by atoms with Crippen LogP contribution in [0.1, 0.15) is 0 Å². The molecule has 54 valence electrons. The summed E-state index contributed by atoms with van der Waals surface area (Å²) in [6, 6.07) is 0. The van der Waals surface area contributed by atoms with Gasteiger partial charge in [0.05, 0.1) is 13.1 Å². The second kappa shape index (κ2) is 8.04. The third-order valence-corrected chi connectivity index (χ3v) is 0.933. The van der Waals surface area contributed by atoms with Crippen LogP contribution in [0, 0.1) is 24.7 Å². The molecule has 0 atom stereocenters. The molecule has 0 saturated heterocycles. The Balaban J connectivity index is 2.80. The van der Waals surface area contributed by atoms with Crippen LogP contribution in [-0.4, -0.2) is 26.2 Å². The van der Waals surface area contributed by atoms with Gasteiger partial charge in [0, 0.05) is 13.1 Å². The van der Waals surface area contributed by atoms with Crippen LogP contribution < -0.4 is 10.6 Å². The Morgan fingerprint density at radius 2 is 1.30 bits per heavy atom. The van der Waals surface area contributed by atoms with E-state index in [1.54, 1.807) is 0 Å². The van der Waals surface area contributed by atoms with Crippen molar-refractivity contribution in [2.75, 3.05) is 26.2 Å². The molecular weight excluding hydrogens is 124 g/mol. The molecule has 0 bridgehead atoms. The van der Waals surface area contributed by atoms with E-state index in [1.807, 2.05) is 0 Å². The standard InChI is InChI=1S/C8H12N2/c1-3-5-9-7-8-10-6-4-2/h1-2,9-10H,5-8H2. The molecule has 0 heterocycles. The molecule has 0 amide bonds. The molecule has 0 spiro atoms. The molecule has 0 aromatic carbocycles. The molecule has 0 fully saturated rings. The Hall–Kier alpha value is -0.960. The second-order valence-corrected chi connectivity index (χ2v) is 1.76. The lowest BCUT2D eigenvalue weighted by Gasteiger charge is -1.99. The largest absolute Gasteiger partial charge is 0.305 e. The van der Waals surface area contributed by atoms with E-state index in [4.69, 9.17) is 12.8 Å². The van der Waals surface area contributed by atoms with E-state index in [0.717, 1.165) is 13.1 Å². The first-order valence-corrected chi connectivity index (χ1v) is 3.20. The Kier molecular flexibility index (Phi) is 7.27. The lowest BCUT2D eigenvalue weighted by Crippen LogP contribution is -2.27. The maximum absolute atomic E-state index is 5.00. The SMILES string of the molecule is C#CCNCCNCC#C. The highest BCUT2D eigenvalue weighted by Crippen LogP contribution is 1.57. The minimum absolute atomic E-state index is 0.623. The van der Waals surface area contributed by atoms with E-state index in [-0.39, 0.29) is 0 Å². The van der Waals surface area contributed by atoms with E-state index in [2.05, 4.69) is 22.5 Å². The fourth-order valence-electron chi connectivity index (χ4n) is 0.498. The molecule has 2 N–H and O–H groups in total. The van der Waals surface area contributed by atoms with Gasteiger partial charge in [-0.2, -0.15) is 0 Å². The smallest absolute Gasteiger partial charge is 0.0574 e. The van der Waals surface area contributed by atoms with Crippen molar-refractivity contribution in [1.82, 2.24) is 10.6 Å². The number of terminal acetylenes is 2. The average molecular weight is 136 g/mol. The Morgan fingerprint density at radius 1 is 0.900 bits per heavy atom. The average Bonchev–Trinajstić information content (AvgIpc) is 1.97. The number of hydrogen-bond acceptors (Lipinski definition) is 2. The van der Waals surface area contributed by atoms with Gasteiger partial charge in [-0.05, 0) is 0 Å². The molecule has 0 aliphatic heterocycles. The molecule has 0 rings (SSSR count). The van der Waals surface area contributed by atoms with Crippen molar-refractivity contribution in [1.29, 1.82) is 0 Å². The van der Waals surface area contributed by atoms with Gasteiger partial charge in [0.2, 0.25) is 0 Å². The minimum atomic E-state index is 0.623. The van der Waals surface area contributed by atoms with Gasteiger partial charge in [-0.25, -0.2) is 0 Å². The molecule has 0 unspecified atom stereocenters. The predicted molar refractivity (Wildman–Crippen MR) is 43.4 cm³/mol. The van der Waals surface area contributed by atoms with Gasteiger partial charge in [0.15, 0.2) is 0 Å². The third-order valence-electron chi connectivity index (χ3n) is 0.933. The molecule has 0 aliphatic carbocycles. The van der Waals surface area contributed by atoms with Crippen LogP contribution in [0.15, 0.2) is 0 Å². The zero-order chi connectivity index (χ0) is 7.66. The fraction of sp³-hybridized carbons (Fsp3) is 0.500. The molecule has 0 aromatic rings. The molecule has 0 radical (unpaired) electrons. The van der Waals surface area contributed by atoms with Crippen LogP contribution in [0.5, 0.6) is 0 Å². The van der Waals surface area contributed by atoms with Crippen molar-refractivity contribution in [2.45, 2.75) is 0 Å². The van der Waals surface area contributed by atoms with Crippen LogP contribution in [0.3, 0.4) is 0 Å². The lowest BCUT2D eigenvalue weighted by molar-refractivity contribution is 0.676. The maximum Gasteiger partial charge on any atom is 0.0574 e. The Morgan fingerprint density at radius 3 is 1.60 bits per heavy atom. The van der Waals surface area contributed by atoms with Crippen LogP contribution in [0.4, 0.5) is 0 Å². The summed E-state index contributed by atoms with van der Waals surface area (Å²) in [4.78, 5) is 0. The number of hydrogen-bond donors (Lipinski definition) is 2. The van der Waals surface area contributed by atoms with Crippen molar-refractivity contribution in [3.05, 3.63) is 0 Å². The third kappa shape index (κ3) is 7.04. The fourth-order valence-corrected chi connectivity index (χ4v) is 0.498. The summed E-state index contributed by atoms with van der Waals surface area (Å²) in [5, 5.41) is 6.05. The monoisotopic (exact) mass is 136 g/mol. The first kappa shape index (κ1) is 9.04. The van der Waals surface area contributed by atoms with Crippen molar-refractivity contribution in [3.63, 3.8) is 0 Å². The summed E-state index contributed by atoms with van der Waals surface area (Å²) in [6.45, 7) is 2.98. The summed E-state index contributed by atoms with van der Waals surface area (Å²) >= 11 is 0. The molecule has 10 heavy (non-hydrogen) atoms. The van der Waals surface area contributed by atoms with E-state index in [9.17, 15) is 0 Å². The molecule has 2 nitrogen and oxygen atoms in total. The van der Waals surface area contributed by atoms with Crippen molar-refractivity contribution < 1.29 is 0 Å². The van der Waals surface area contributed by atoms with Crippen molar-refractivity contribution >= 4 is 0 Å². The minimum Gasteiger partial charge on any atom is -0.305 e. The van der Waals surface area contributed by atoms with Gasteiger partial charge in [-0.3, -0.25) is 0 Å². The molecule has 0 aromatic heterocycles. The summed E-state index contributed by atoms with van der Waals surface area (Å²) in [6.07, 6.45) is 10.0. The van der Waals surface area contributed by atoms with Crippen LogP contribution >= 0.6 is 0 Å². The highest BCUT2D eigenvalue weighted by atomic mass is 14.9. The van der Waals surface area contributed by atoms with Gasteiger partial charge in [0.25, 0.3) is 0 Å². The number of rotatable bonds is 5. The zero-order valence-electron chi connectivity index (χ0n) is 5.98. The molecule has 0 aliphatic rings. The van der Waals surface area contributed by atoms with Gasteiger partial charge >= 0.3 is 0 Å². The van der Waals surface area contributed by atoms with Gasteiger partial charge in [-0.15, -0.1) is 12.8 Å². The summed E-state index contributed by atoms with van der Waals surface area (Å²) in [5.41, 5.74) is 0. The second-order valence-electron chi connectivity index (χ2n) is 1.76. The number of nitrogens with one attached hydrogen (secondary N) is 2. The van der Waals surface area contributed by atoms with Crippen molar-refractivity contribution in [3.8, 4) is 24.7 Å². The van der Waals surface area contributed by atoms with E-state index < -0.39 is 0 Å². The molecule has 0 saturated carbocycles. The van der Waals surface area contributed by atoms with E-state index in [1.165, 1.54) is 0 Å². The van der Waals surface area contributed by atoms with Gasteiger partial charge in [-0.1, -0.05) is 11.8 Å². The van der Waals surface area contributed by atoms with Gasteiger partial charge < -0.3 is 10.6 Å². The topological polar surface area (TPSA) is 24.1 Å². The molecule has 2 heteroatoms. The Bertz CT molecular complexity index is 120. The van der Waals surface area contributed by atoms with Crippen molar-refractivity contribution in [2.24, 2.45) is 0 Å². The van der Waals surface area contributed by atoms with Gasteiger partial charge in [0.1, 0.15) is 0 Å². The lowest BCUT2D eigenvalue weighted by atomic mass is 10.5. The van der Waals surface area contributed by atoms with Crippen LogP contribution in [0.25, 0.3) is 0 Å². The van der Waals surface area contributed by atoms with E-state index >= 15 is 0 Å². The maximum atomic E-state index is 5.00. The van der Waals surface area contributed by atoms with Crippen LogP contribution in [0.2, 0.25) is 0 Å².